The first-order valence-corrected chi connectivity index (χ1v) is 9.30. The van der Waals surface area contributed by atoms with Crippen molar-refractivity contribution in [1.29, 1.82) is 0 Å². The lowest BCUT2D eigenvalue weighted by molar-refractivity contribution is -0.164. The fourth-order valence-electron chi connectivity index (χ4n) is 2.49. The van der Waals surface area contributed by atoms with Crippen molar-refractivity contribution in [3.63, 3.8) is 0 Å². The number of carbonyl (C=O) groups excluding carboxylic acids is 1. The van der Waals surface area contributed by atoms with Gasteiger partial charge in [0.15, 0.2) is 6.10 Å². The summed E-state index contributed by atoms with van der Waals surface area (Å²) in [6.45, 7) is 12.2. The van der Waals surface area contributed by atoms with Gasteiger partial charge in [0.25, 0.3) is 0 Å². The second-order valence-corrected chi connectivity index (χ2v) is 7.85. The van der Waals surface area contributed by atoms with Crippen LogP contribution in [-0.2, 0) is 14.3 Å². The summed E-state index contributed by atoms with van der Waals surface area (Å²) < 4.78 is 17.6. The molecule has 2 N–H and O–H groups in total. The predicted octanol–water partition coefficient (Wildman–Crippen LogP) is 4.86. The molecule has 6 heteroatoms. The van der Waals surface area contributed by atoms with Crippen molar-refractivity contribution >= 4 is 27.6 Å². The lowest BCUT2D eigenvalue weighted by Crippen LogP contribution is -2.29. The van der Waals surface area contributed by atoms with Gasteiger partial charge in [-0.25, -0.2) is 4.79 Å². The molecule has 0 aromatic heterocycles. The van der Waals surface area contributed by atoms with Crippen LogP contribution in [0.1, 0.15) is 63.3 Å². The number of benzene rings is 1. The van der Waals surface area contributed by atoms with Crippen LogP contribution in [0.25, 0.3) is 0 Å². The zero-order valence-corrected chi connectivity index (χ0v) is 17.9. The van der Waals surface area contributed by atoms with Crippen molar-refractivity contribution in [3.05, 3.63) is 21.2 Å². The molecule has 0 amide bonds. The molecule has 0 radical (unpaired) electrons. The Kier molecular flexibility index (Phi) is 7.75. The van der Waals surface area contributed by atoms with Crippen LogP contribution in [-0.4, -0.2) is 25.3 Å². The minimum atomic E-state index is -0.870. The van der Waals surface area contributed by atoms with E-state index in [0.29, 0.717) is 23.6 Å². The number of hydrogen-bond donors (Lipinski definition) is 1. The number of methoxy groups -OCH3 is 1. The predicted molar refractivity (Wildman–Crippen MR) is 104 cm³/mol. The SMILES string of the molecule is CCCCOc1c(C)c(Br)c([C@H](OC(C)(C)C)C(=O)OC)c(C)c1N. The Morgan fingerprint density at radius 2 is 1.84 bits per heavy atom. The Bertz CT molecular complexity index is 594. The van der Waals surface area contributed by atoms with Crippen LogP contribution < -0.4 is 10.5 Å². The summed E-state index contributed by atoms with van der Waals surface area (Å²) in [6, 6.07) is 0. The first-order chi connectivity index (χ1) is 11.5. The summed E-state index contributed by atoms with van der Waals surface area (Å²) in [7, 11) is 1.35. The van der Waals surface area contributed by atoms with Gasteiger partial charge in [-0.2, -0.15) is 0 Å². The number of nitrogen functional groups attached to an aromatic ring is 1. The summed E-state index contributed by atoms with van der Waals surface area (Å²) in [4.78, 5) is 12.4. The number of unbranched alkanes of at least 4 members (excludes halogenated alkanes) is 1. The van der Waals surface area contributed by atoms with E-state index in [2.05, 4.69) is 22.9 Å². The van der Waals surface area contributed by atoms with E-state index in [9.17, 15) is 4.79 Å². The van der Waals surface area contributed by atoms with Gasteiger partial charge in [0, 0.05) is 15.6 Å². The molecule has 25 heavy (non-hydrogen) atoms. The molecule has 5 nitrogen and oxygen atoms in total. The van der Waals surface area contributed by atoms with Crippen molar-refractivity contribution in [2.45, 2.75) is 66.1 Å². The van der Waals surface area contributed by atoms with E-state index in [1.165, 1.54) is 7.11 Å². The molecule has 1 rings (SSSR count). The molecule has 1 aromatic carbocycles. The number of rotatable bonds is 7. The summed E-state index contributed by atoms with van der Waals surface area (Å²) in [5.74, 6) is 0.193. The normalized spacial score (nSPS) is 12.8. The van der Waals surface area contributed by atoms with Crippen molar-refractivity contribution in [3.8, 4) is 5.75 Å². The molecule has 0 heterocycles. The molecule has 0 bridgehead atoms. The summed E-state index contributed by atoms with van der Waals surface area (Å²) in [6.07, 6.45) is 1.13. The molecule has 0 saturated carbocycles. The van der Waals surface area contributed by atoms with Crippen molar-refractivity contribution in [2.75, 3.05) is 19.5 Å². The van der Waals surface area contributed by atoms with Gasteiger partial charge in [0.2, 0.25) is 0 Å². The van der Waals surface area contributed by atoms with Crippen LogP contribution in [0.5, 0.6) is 5.75 Å². The second-order valence-electron chi connectivity index (χ2n) is 7.06. The second kappa shape index (κ2) is 8.90. The van der Waals surface area contributed by atoms with E-state index in [0.717, 1.165) is 28.4 Å². The highest BCUT2D eigenvalue weighted by Crippen LogP contribution is 2.43. The average Bonchev–Trinajstić information content (AvgIpc) is 2.53. The van der Waals surface area contributed by atoms with Crippen molar-refractivity contribution in [1.82, 2.24) is 0 Å². The van der Waals surface area contributed by atoms with Gasteiger partial charge < -0.3 is 19.9 Å². The van der Waals surface area contributed by atoms with Crippen LogP contribution in [0.2, 0.25) is 0 Å². The van der Waals surface area contributed by atoms with E-state index in [1.807, 2.05) is 34.6 Å². The third-order valence-electron chi connectivity index (χ3n) is 3.85. The largest absolute Gasteiger partial charge is 0.491 e. The highest BCUT2D eigenvalue weighted by molar-refractivity contribution is 9.10. The zero-order valence-electron chi connectivity index (χ0n) is 16.3. The van der Waals surface area contributed by atoms with Crippen molar-refractivity contribution < 1.29 is 19.0 Å². The van der Waals surface area contributed by atoms with Gasteiger partial charge in [-0.1, -0.05) is 13.3 Å². The minimum absolute atomic E-state index is 0.461. The average molecular weight is 416 g/mol. The highest BCUT2D eigenvalue weighted by atomic mass is 79.9. The number of ether oxygens (including phenoxy) is 3. The van der Waals surface area contributed by atoms with Gasteiger partial charge in [-0.3, -0.25) is 0 Å². The molecule has 0 fully saturated rings. The number of esters is 1. The Balaban J connectivity index is 3.45. The molecule has 0 aliphatic rings. The number of hydrogen-bond acceptors (Lipinski definition) is 5. The number of carbonyl (C=O) groups is 1. The van der Waals surface area contributed by atoms with E-state index < -0.39 is 17.7 Å². The quantitative estimate of drug-likeness (QED) is 0.391. The zero-order chi connectivity index (χ0) is 19.4. The van der Waals surface area contributed by atoms with Crippen LogP contribution in [0.4, 0.5) is 5.69 Å². The van der Waals surface area contributed by atoms with Crippen LogP contribution in [0.3, 0.4) is 0 Å². The first kappa shape index (κ1) is 21.8. The molecule has 142 valence electrons. The van der Waals surface area contributed by atoms with Crippen LogP contribution in [0, 0.1) is 13.8 Å². The maximum absolute atomic E-state index is 12.4. The van der Waals surface area contributed by atoms with Gasteiger partial charge in [0.1, 0.15) is 5.75 Å². The lowest BCUT2D eigenvalue weighted by Gasteiger charge is -2.29. The molecule has 0 spiro atoms. The van der Waals surface area contributed by atoms with E-state index in [-0.39, 0.29) is 0 Å². The van der Waals surface area contributed by atoms with Gasteiger partial charge in [-0.05, 0) is 62.5 Å². The molecule has 0 aliphatic heterocycles. The third-order valence-corrected chi connectivity index (χ3v) is 4.87. The fourth-order valence-corrected chi connectivity index (χ4v) is 3.17. The van der Waals surface area contributed by atoms with E-state index in [4.69, 9.17) is 19.9 Å². The summed E-state index contributed by atoms with van der Waals surface area (Å²) in [5.41, 5.74) is 8.61. The highest BCUT2D eigenvalue weighted by Gasteiger charge is 2.33. The van der Waals surface area contributed by atoms with Crippen LogP contribution >= 0.6 is 15.9 Å². The Labute approximate surface area is 159 Å². The summed E-state index contributed by atoms with van der Waals surface area (Å²) in [5, 5.41) is 0. The smallest absolute Gasteiger partial charge is 0.339 e. The fraction of sp³-hybridized carbons (Fsp3) is 0.632. The molecule has 0 saturated heterocycles. The molecule has 1 aromatic rings. The van der Waals surface area contributed by atoms with E-state index >= 15 is 0 Å². The maximum atomic E-state index is 12.4. The summed E-state index contributed by atoms with van der Waals surface area (Å²) >= 11 is 3.61. The van der Waals surface area contributed by atoms with Gasteiger partial charge in [0.05, 0.1) is 25.0 Å². The Hall–Kier alpha value is -1.27. The molecular formula is C19H30BrNO4. The Morgan fingerprint density at radius 3 is 2.32 bits per heavy atom. The first-order valence-electron chi connectivity index (χ1n) is 8.51. The molecular weight excluding hydrogens is 386 g/mol. The lowest BCUT2D eigenvalue weighted by atomic mass is 9.97. The van der Waals surface area contributed by atoms with E-state index in [1.54, 1.807) is 0 Å². The number of nitrogens with two attached hydrogens (primary N) is 1. The third kappa shape index (κ3) is 5.35. The number of anilines is 1. The molecule has 0 aliphatic carbocycles. The van der Waals surface area contributed by atoms with Crippen molar-refractivity contribution in [2.24, 2.45) is 0 Å². The van der Waals surface area contributed by atoms with Crippen LogP contribution in [0.15, 0.2) is 4.47 Å². The van der Waals surface area contributed by atoms with Gasteiger partial charge in [-0.15, -0.1) is 0 Å². The van der Waals surface area contributed by atoms with Gasteiger partial charge >= 0.3 is 5.97 Å². The number of halogens is 1. The standard InChI is InChI=1S/C19H30BrNO4/c1-8-9-10-24-16-12(3)14(20)13(11(2)15(16)21)17(18(22)23-7)25-19(4,5)6/h17H,8-10,21H2,1-7H3/t17-/m0/s1. The maximum Gasteiger partial charge on any atom is 0.339 e. The molecule has 0 unspecified atom stereocenters. The minimum Gasteiger partial charge on any atom is -0.491 e. The molecule has 1 atom stereocenters. The topological polar surface area (TPSA) is 70.8 Å². The Morgan fingerprint density at radius 1 is 1.24 bits per heavy atom. The monoisotopic (exact) mass is 415 g/mol.